The van der Waals surface area contributed by atoms with Gasteiger partial charge in [0.1, 0.15) is 11.8 Å². The number of imidazole rings is 1. The first-order valence-corrected chi connectivity index (χ1v) is 9.86. The van der Waals surface area contributed by atoms with Gasteiger partial charge in [-0.1, -0.05) is 18.2 Å². The van der Waals surface area contributed by atoms with E-state index in [1.165, 1.54) is 6.92 Å². The number of benzene rings is 2. The van der Waals surface area contributed by atoms with Gasteiger partial charge in [0.05, 0.1) is 23.0 Å². The SMILES string of the molecule is CC(=O)C1CC(C(=O)Nc2ccc3nc(-c4ccco4)[nH]c3c2)=NN1c1ccccc1. The van der Waals surface area contributed by atoms with Gasteiger partial charge in [-0.3, -0.25) is 14.6 Å². The lowest BCUT2D eigenvalue weighted by Gasteiger charge is -2.20. The molecule has 2 aromatic heterocycles. The Morgan fingerprint density at radius 3 is 2.71 bits per heavy atom. The monoisotopic (exact) mass is 413 g/mol. The number of Topliss-reactive ketones (excluding diaryl/α,β-unsaturated/α-hetero) is 1. The number of hydrogen-bond donors (Lipinski definition) is 2. The molecule has 0 fully saturated rings. The highest BCUT2D eigenvalue weighted by molar-refractivity contribution is 6.44. The van der Waals surface area contributed by atoms with Crippen molar-refractivity contribution in [2.45, 2.75) is 19.4 Å². The van der Waals surface area contributed by atoms with Crippen molar-refractivity contribution in [2.75, 3.05) is 10.3 Å². The number of nitrogens with zero attached hydrogens (tertiary/aromatic N) is 3. The van der Waals surface area contributed by atoms with Crippen molar-refractivity contribution >= 4 is 39.8 Å². The summed E-state index contributed by atoms with van der Waals surface area (Å²) in [5.74, 6) is 0.874. The zero-order valence-corrected chi connectivity index (χ0v) is 16.7. The molecule has 5 rings (SSSR count). The number of anilines is 2. The summed E-state index contributed by atoms with van der Waals surface area (Å²) in [5, 5.41) is 8.93. The summed E-state index contributed by atoms with van der Waals surface area (Å²) >= 11 is 0. The molecular formula is C23H19N5O3. The van der Waals surface area contributed by atoms with Crippen LogP contribution in [0.4, 0.5) is 11.4 Å². The maximum atomic E-state index is 12.9. The van der Waals surface area contributed by atoms with E-state index >= 15 is 0 Å². The fourth-order valence-electron chi connectivity index (χ4n) is 3.60. The second kappa shape index (κ2) is 7.56. The number of carbonyl (C=O) groups is 2. The van der Waals surface area contributed by atoms with Crippen molar-refractivity contribution in [3.63, 3.8) is 0 Å². The van der Waals surface area contributed by atoms with Crippen LogP contribution in [0, 0.1) is 0 Å². The van der Waals surface area contributed by atoms with Gasteiger partial charge in [0.15, 0.2) is 17.4 Å². The Morgan fingerprint density at radius 1 is 1.13 bits per heavy atom. The number of furan rings is 1. The molecule has 1 aliphatic rings. The van der Waals surface area contributed by atoms with Gasteiger partial charge in [-0.25, -0.2) is 4.98 Å². The number of ketones is 1. The van der Waals surface area contributed by atoms with E-state index in [1.54, 1.807) is 29.5 Å². The summed E-state index contributed by atoms with van der Waals surface area (Å²) in [5.41, 5.74) is 3.21. The molecule has 2 aromatic carbocycles. The van der Waals surface area contributed by atoms with Crippen molar-refractivity contribution in [3.05, 3.63) is 66.9 Å². The van der Waals surface area contributed by atoms with E-state index < -0.39 is 6.04 Å². The Morgan fingerprint density at radius 2 is 1.97 bits per heavy atom. The predicted molar refractivity (Wildman–Crippen MR) is 118 cm³/mol. The van der Waals surface area contributed by atoms with Gasteiger partial charge in [-0.2, -0.15) is 5.10 Å². The number of carbonyl (C=O) groups excluding carboxylic acids is 2. The number of para-hydroxylation sites is 1. The molecule has 4 aromatic rings. The standard InChI is InChI=1S/C23H19N5O3/c1-14(29)20-13-19(27-28(20)16-6-3-2-4-7-16)23(30)24-15-9-10-17-18(12-15)26-22(25-17)21-8-5-11-31-21/h2-12,20H,13H2,1H3,(H,24,30)(H,25,26). The molecule has 0 bridgehead atoms. The molecule has 1 amide bonds. The molecule has 1 atom stereocenters. The van der Waals surface area contributed by atoms with Crippen LogP contribution in [-0.4, -0.2) is 33.4 Å². The van der Waals surface area contributed by atoms with E-state index in [9.17, 15) is 9.59 Å². The Bertz CT molecular complexity index is 1290. The first-order valence-electron chi connectivity index (χ1n) is 9.86. The quantitative estimate of drug-likeness (QED) is 0.515. The van der Waals surface area contributed by atoms with Crippen molar-refractivity contribution < 1.29 is 14.0 Å². The summed E-state index contributed by atoms with van der Waals surface area (Å²) in [6.45, 7) is 1.51. The molecule has 1 unspecified atom stereocenters. The summed E-state index contributed by atoms with van der Waals surface area (Å²) < 4.78 is 5.38. The fourth-order valence-corrected chi connectivity index (χ4v) is 3.60. The van der Waals surface area contributed by atoms with E-state index in [0.29, 0.717) is 23.0 Å². The second-order valence-electron chi connectivity index (χ2n) is 7.31. The van der Waals surface area contributed by atoms with Crippen molar-refractivity contribution in [1.82, 2.24) is 9.97 Å². The lowest BCUT2D eigenvalue weighted by molar-refractivity contribution is -0.118. The molecule has 3 heterocycles. The summed E-state index contributed by atoms with van der Waals surface area (Å²) in [4.78, 5) is 32.7. The van der Waals surface area contributed by atoms with Crippen molar-refractivity contribution in [3.8, 4) is 11.6 Å². The highest BCUT2D eigenvalue weighted by Gasteiger charge is 2.34. The molecule has 0 aliphatic carbocycles. The second-order valence-corrected chi connectivity index (χ2v) is 7.31. The van der Waals surface area contributed by atoms with Crippen LogP contribution in [0.15, 0.2) is 76.4 Å². The summed E-state index contributed by atoms with van der Waals surface area (Å²) in [6, 6.07) is 17.9. The van der Waals surface area contributed by atoms with Crippen LogP contribution in [0.1, 0.15) is 13.3 Å². The van der Waals surface area contributed by atoms with Gasteiger partial charge in [-0.15, -0.1) is 0 Å². The van der Waals surface area contributed by atoms with E-state index in [-0.39, 0.29) is 18.1 Å². The van der Waals surface area contributed by atoms with Crippen LogP contribution < -0.4 is 10.3 Å². The average molecular weight is 413 g/mol. The third-order valence-electron chi connectivity index (χ3n) is 5.16. The lowest BCUT2D eigenvalue weighted by atomic mass is 10.1. The average Bonchev–Trinajstić information content (AvgIpc) is 3.52. The van der Waals surface area contributed by atoms with Gasteiger partial charge >= 0.3 is 0 Å². The molecule has 8 nitrogen and oxygen atoms in total. The molecule has 0 saturated carbocycles. The first-order chi connectivity index (χ1) is 15.1. The van der Waals surface area contributed by atoms with Gasteiger partial charge in [0.25, 0.3) is 5.91 Å². The fraction of sp³-hybridized carbons (Fsp3) is 0.130. The van der Waals surface area contributed by atoms with E-state index in [0.717, 1.165) is 16.7 Å². The molecule has 8 heteroatoms. The number of hydrogen-bond acceptors (Lipinski definition) is 6. The largest absolute Gasteiger partial charge is 0.461 e. The Hall–Kier alpha value is -4.20. The molecule has 31 heavy (non-hydrogen) atoms. The number of aromatic nitrogens is 2. The number of nitrogens with one attached hydrogen (secondary N) is 2. The molecule has 0 radical (unpaired) electrons. The van der Waals surface area contributed by atoms with Crippen LogP contribution in [-0.2, 0) is 9.59 Å². The topological polar surface area (TPSA) is 104 Å². The number of aromatic amines is 1. The minimum atomic E-state index is -0.492. The van der Waals surface area contributed by atoms with E-state index in [4.69, 9.17) is 4.42 Å². The number of amides is 1. The zero-order valence-electron chi connectivity index (χ0n) is 16.7. The van der Waals surface area contributed by atoms with Crippen LogP contribution in [0.25, 0.3) is 22.6 Å². The highest BCUT2D eigenvalue weighted by atomic mass is 16.3. The van der Waals surface area contributed by atoms with E-state index in [1.807, 2.05) is 42.5 Å². The van der Waals surface area contributed by atoms with Crippen LogP contribution >= 0.6 is 0 Å². The first kappa shape index (κ1) is 18.8. The highest BCUT2D eigenvalue weighted by Crippen LogP contribution is 2.26. The Kier molecular flexibility index (Phi) is 4.59. The Balaban J connectivity index is 1.38. The van der Waals surface area contributed by atoms with Crippen molar-refractivity contribution in [2.24, 2.45) is 5.10 Å². The lowest BCUT2D eigenvalue weighted by Crippen LogP contribution is -2.33. The third kappa shape index (κ3) is 3.59. The number of rotatable bonds is 5. The third-order valence-corrected chi connectivity index (χ3v) is 5.16. The van der Waals surface area contributed by atoms with Crippen molar-refractivity contribution in [1.29, 1.82) is 0 Å². The zero-order chi connectivity index (χ0) is 21.4. The molecule has 154 valence electrons. The normalized spacial score (nSPS) is 15.8. The van der Waals surface area contributed by atoms with Crippen LogP contribution in [0.2, 0.25) is 0 Å². The molecule has 0 saturated heterocycles. The van der Waals surface area contributed by atoms with Crippen LogP contribution in [0.5, 0.6) is 0 Å². The van der Waals surface area contributed by atoms with Gasteiger partial charge < -0.3 is 14.7 Å². The van der Waals surface area contributed by atoms with E-state index in [2.05, 4.69) is 20.4 Å². The molecular weight excluding hydrogens is 394 g/mol. The molecule has 0 spiro atoms. The maximum absolute atomic E-state index is 12.9. The molecule has 2 N–H and O–H groups in total. The number of fused-ring (bicyclic) bond motifs is 1. The predicted octanol–water partition coefficient (Wildman–Crippen LogP) is 3.99. The van der Waals surface area contributed by atoms with Crippen LogP contribution in [0.3, 0.4) is 0 Å². The summed E-state index contributed by atoms with van der Waals surface area (Å²) in [7, 11) is 0. The number of hydrazone groups is 1. The molecule has 1 aliphatic heterocycles. The Labute approximate surface area is 177 Å². The van der Waals surface area contributed by atoms with Gasteiger partial charge in [-0.05, 0) is 49.4 Å². The smallest absolute Gasteiger partial charge is 0.271 e. The maximum Gasteiger partial charge on any atom is 0.271 e. The minimum absolute atomic E-state index is 0.0419. The van der Waals surface area contributed by atoms with Gasteiger partial charge in [0.2, 0.25) is 0 Å². The number of H-pyrrole nitrogens is 1. The minimum Gasteiger partial charge on any atom is -0.461 e. The van der Waals surface area contributed by atoms with Gasteiger partial charge in [0, 0.05) is 12.1 Å². The summed E-state index contributed by atoms with van der Waals surface area (Å²) in [6.07, 6.45) is 1.84.